The van der Waals surface area contributed by atoms with E-state index in [-0.39, 0.29) is 5.91 Å². The highest BCUT2D eigenvalue weighted by molar-refractivity contribution is 5.94. The lowest BCUT2D eigenvalue weighted by molar-refractivity contribution is 0.0511. The van der Waals surface area contributed by atoms with Crippen LogP contribution in [0.5, 0.6) is 0 Å². The molecule has 0 heterocycles. The van der Waals surface area contributed by atoms with Crippen molar-refractivity contribution in [2.75, 3.05) is 39.5 Å². The normalized spacial score (nSPS) is 10.2. The molecule has 0 aliphatic rings. The Balaban J connectivity index is 0.000000922. The van der Waals surface area contributed by atoms with Crippen molar-refractivity contribution in [3.63, 3.8) is 0 Å². The number of nitrogens with one attached hydrogen (secondary N) is 1. The number of hydrogen-bond donors (Lipinski definition) is 2. The monoisotopic (exact) mass is 338 g/mol. The summed E-state index contributed by atoms with van der Waals surface area (Å²) < 4.78 is 10.5. The highest BCUT2D eigenvalue weighted by atomic mass is 16.5. The number of nitrogens with two attached hydrogens (primary N) is 1. The van der Waals surface area contributed by atoms with E-state index < -0.39 is 0 Å². The Bertz CT molecular complexity index is 419. The third-order valence-electron chi connectivity index (χ3n) is 3.30. The van der Waals surface area contributed by atoms with Crippen molar-refractivity contribution < 1.29 is 14.3 Å². The van der Waals surface area contributed by atoms with E-state index in [4.69, 9.17) is 15.2 Å². The molecule has 1 amide bonds. The first-order valence-corrected chi connectivity index (χ1v) is 8.71. The summed E-state index contributed by atoms with van der Waals surface area (Å²) in [4.78, 5) is 11.7. The Labute approximate surface area is 146 Å². The van der Waals surface area contributed by atoms with E-state index >= 15 is 0 Å². The smallest absolute Gasteiger partial charge is 0.251 e. The van der Waals surface area contributed by atoms with Crippen LogP contribution in [0.2, 0.25) is 0 Å². The van der Waals surface area contributed by atoms with E-state index in [0.717, 1.165) is 11.5 Å². The molecule has 1 aromatic rings. The summed E-state index contributed by atoms with van der Waals surface area (Å²) in [6, 6.07) is 7.46. The molecule has 0 saturated carbocycles. The van der Waals surface area contributed by atoms with Gasteiger partial charge in [-0.15, -0.1) is 0 Å². The third kappa shape index (κ3) is 13.0. The molecule has 0 unspecified atom stereocenters. The predicted molar refractivity (Wildman–Crippen MR) is 99.3 cm³/mol. The van der Waals surface area contributed by atoms with E-state index in [0.29, 0.717) is 45.1 Å². The molecule has 0 aromatic heterocycles. The van der Waals surface area contributed by atoms with Gasteiger partial charge in [0.1, 0.15) is 0 Å². The van der Waals surface area contributed by atoms with Crippen molar-refractivity contribution in [2.45, 2.75) is 34.1 Å². The van der Waals surface area contributed by atoms with E-state index in [1.807, 2.05) is 31.2 Å². The molecule has 1 rings (SSSR count). The molecule has 0 radical (unpaired) electrons. The summed E-state index contributed by atoms with van der Waals surface area (Å²) in [5, 5.41) is 2.80. The van der Waals surface area contributed by atoms with Crippen molar-refractivity contribution in [3.8, 4) is 0 Å². The van der Waals surface area contributed by atoms with Crippen molar-refractivity contribution >= 4 is 5.91 Å². The van der Waals surface area contributed by atoms with Gasteiger partial charge in [-0.05, 0) is 25.0 Å². The van der Waals surface area contributed by atoms with Gasteiger partial charge >= 0.3 is 0 Å². The minimum atomic E-state index is -0.0806. The lowest BCUT2D eigenvalue weighted by Crippen LogP contribution is -2.27. The highest BCUT2D eigenvalue weighted by Crippen LogP contribution is 2.02. The summed E-state index contributed by atoms with van der Waals surface area (Å²) in [5.74, 6) is 0.804. The maximum Gasteiger partial charge on any atom is 0.251 e. The van der Waals surface area contributed by atoms with E-state index in [9.17, 15) is 4.79 Å². The van der Waals surface area contributed by atoms with Crippen LogP contribution in [0, 0.1) is 12.8 Å². The summed E-state index contributed by atoms with van der Waals surface area (Å²) >= 11 is 0. The van der Waals surface area contributed by atoms with Gasteiger partial charge in [0.2, 0.25) is 0 Å². The van der Waals surface area contributed by atoms with E-state index in [2.05, 4.69) is 26.1 Å². The average Bonchev–Trinajstić information content (AvgIpc) is 2.58. The summed E-state index contributed by atoms with van der Waals surface area (Å²) in [5.41, 5.74) is 7.08. The van der Waals surface area contributed by atoms with Gasteiger partial charge in [0.15, 0.2) is 0 Å². The largest absolute Gasteiger partial charge is 0.378 e. The molecular weight excluding hydrogens is 304 g/mol. The first-order valence-electron chi connectivity index (χ1n) is 8.71. The molecule has 0 saturated heterocycles. The van der Waals surface area contributed by atoms with E-state index in [1.54, 1.807) is 0 Å². The molecular formula is C19H34N2O3. The maximum absolute atomic E-state index is 11.7. The van der Waals surface area contributed by atoms with Crippen molar-refractivity contribution in [2.24, 2.45) is 11.7 Å². The molecule has 5 heteroatoms. The molecule has 0 spiro atoms. The van der Waals surface area contributed by atoms with Gasteiger partial charge in [-0.1, -0.05) is 44.9 Å². The predicted octanol–water partition coefficient (Wildman–Crippen LogP) is 2.77. The lowest BCUT2D eigenvalue weighted by Gasteiger charge is -2.07. The molecule has 1 aromatic carbocycles. The van der Waals surface area contributed by atoms with Crippen LogP contribution in [-0.4, -0.2) is 45.4 Å². The molecule has 0 aliphatic heterocycles. The fourth-order valence-electron chi connectivity index (χ4n) is 1.45. The van der Waals surface area contributed by atoms with Crippen molar-refractivity contribution in [3.05, 3.63) is 35.4 Å². The topological polar surface area (TPSA) is 73.6 Å². The zero-order valence-corrected chi connectivity index (χ0v) is 15.6. The highest BCUT2D eigenvalue weighted by Gasteiger charge is 2.03. The van der Waals surface area contributed by atoms with Crippen LogP contribution in [0.1, 0.15) is 43.1 Å². The zero-order chi connectivity index (χ0) is 18.2. The standard InChI is InChI=1S/C14H22N2O3.C5H12/c1-12-2-4-13(5-3-12)14(17)16-7-9-19-11-10-18-8-6-15;1-4-5(2)3/h2-5H,6-11,15H2,1H3,(H,16,17);5H,4H2,1-3H3. The van der Waals surface area contributed by atoms with Gasteiger partial charge in [0, 0.05) is 18.7 Å². The minimum absolute atomic E-state index is 0.0806. The quantitative estimate of drug-likeness (QED) is 0.643. The molecule has 0 atom stereocenters. The van der Waals surface area contributed by atoms with Crippen LogP contribution in [0.3, 0.4) is 0 Å². The number of hydrogen-bond acceptors (Lipinski definition) is 4. The van der Waals surface area contributed by atoms with Gasteiger partial charge in [-0.2, -0.15) is 0 Å². The second kappa shape index (κ2) is 15.1. The Morgan fingerprint density at radius 3 is 2.12 bits per heavy atom. The number of ether oxygens (including phenoxy) is 2. The first kappa shape index (κ1) is 22.6. The lowest BCUT2D eigenvalue weighted by atomic mass is 10.1. The Morgan fingerprint density at radius 2 is 1.62 bits per heavy atom. The molecule has 3 N–H and O–H groups in total. The van der Waals surface area contributed by atoms with Crippen LogP contribution in [0.15, 0.2) is 24.3 Å². The fourth-order valence-corrected chi connectivity index (χ4v) is 1.45. The second-order valence-electron chi connectivity index (χ2n) is 5.94. The summed E-state index contributed by atoms with van der Waals surface area (Å²) in [6.07, 6.45) is 1.31. The first-order chi connectivity index (χ1) is 11.5. The number of rotatable bonds is 10. The molecule has 138 valence electrons. The third-order valence-corrected chi connectivity index (χ3v) is 3.30. The Kier molecular flexibility index (Phi) is 14.2. The molecule has 0 bridgehead atoms. The van der Waals surface area contributed by atoms with Crippen LogP contribution in [0.25, 0.3) is 0 Å². The Morgan fingerprint density at radius 1 is 1.08 bits per heavy atom. The molecule has 0 aliphatic carbocycles. The van der Waals surface area contributed by atoms with Gasteiger partial charge in [0.05, 0.1) is 26.4 Å². The molecule has 24 heavy (non-hydrogen) atoms. The SMILES string of the molecule is CCC(C)C.Cc1ccc(C(=O)NCCOCCOCCN)cc1. The number of carbonyl (C=O) groups is 1. The number of aryl methyl sites for hydroxylation is 1. The fraction of sp³-hybridized carbons (Fsp3) is 0.632. The van der Waals surface area contributed by atoms with Crippen LogP contribution in [-0.2, 0) is 9.47 Å². The second-order valence-corrected chi connectivity index (χ2v) is 5.94. The van der Waals surface area contributed by atoms with Crippen molar-refractivity contribution in [1.82, 2.24) is 5.32 Å². The summed E-state index contributed by atoms with van der Waals surface area (Å²) in [6.45, 7) is 11.7. The Hall–Kier alpha value is -1.43. The van der Waals surface area contributed by atoms with Gasteiger partial charge in [0.25, 0.3) is 5.91 Å². The summed E-state index contributed by atoms with van der Waals surface area (Å²) in [7, 11) is 0. The van der Waals surface area contributed by atoms with Gasteiger partial charge < -0.3 is 20.5 Å². The van der Waals surface area contributed by atoms with E-state index in [1.165, 1.54) is 6.42 Å². The van der Waals surface area contributed by atoms with Gasteiger partial charge in [-0.25, -0.2) is 0 Å². The van der Waals surface area contributed by atoms with Gasteiger partial charge in [-0.3, -0.25) is 4.79 Å². The maximum atomic E-state index is 11.7. The van der Waals surface area contributed by atoms with Crippen LogP contribution in [0.4, 0.5) is 0 Å². The molecule has 0 fully saturated rings. The number of amides is 1. The zero-order valence-electron chi connectivity index (χ0n) is 15.6. The van der Waals surface area contributed by atoms with Crippen LogP contribution >= 0.6 is 0 Å². The van der Waals surface area contributed by atoms with Crippen LogP contribution < -0.4 is 11.1 Å². The molecule has 5 nitrogen and oxygen atoms in total. The number of carbonyl (C=O) groups excluding carboxylic acids is 1. The number of benzene rings is 1. The average molecular weight is 338 g/mol. The minimum Gasteiger partial charge on any atom is -0.378 e. The van der Waals surface area contributed by atoms with Crippen molar-refractivity contribution in [1.29, 1.82) is 0 Å².